The first-order valence-electron chi connectivity index (χ1n) is 7.57. The van der Waals surface area contributed by atoms with Gasteiger partial charge in [-0.15, -0.1) is 11.3 Å². The number of hydrogen-bond acceptors (Lipinski definition) is 6. The number of fused-ring (bicyclic) bond motifs is 2. The Labute approximate surface area is 158 Å². The van der Waals surface area contributed by atoms with E-state index in [9.17, 15) is 0 Å². The molecule has 0 unspecified atom stereocenters. The van der Waals surface area contributed by atoms with Crippen molar-refractivity contribution in [3.63, 3.8) is 0 Å². The summed E-state index contributed by atoms with van der Waals surface area (Å²) in [6.45, 7) is 4.57. The molecule has 3 aromatic rings. The molecule has 1 aliphatic rings. The maximum atomic E-state index is 6.53. The van der Waals surface area contributed by atoms with E-state index in [1.54, 1.807) is 6.07 Å². The molecule has 25 heavy (non-hydrogen) atoms. The van der Waals surface area contributed by atoms with Crippen molar-refractivity contribution in [3.8, 4) is 17.0 Å². The van der Waals surface area contributed by atoms with Crippen LogP contribution in [0.1, 0.15) is 10.4 Å². The Balaban J connectivity index is 2.04. The first-order chi connectivity index (χ1) is 12.0. The zero-order chi connectivity index (χ0) is 17.7. The summed E-state index contributed by atoms with van der Waals surface area (Å²) in [6.07, 6.45) is 0.719. The Morgan fingerprint density at radius 2 is 2.12 bits per heavy atom. The van der Waals surface area contributed by atoms with Crippen LogP contribution in [0.5, 0.6) is 5.75 Å². The normalized spacial score (nSPS) is 12.9. The molecule has 0 amide bonds. The minimum atomic E-state index is 0.199. The van der Waals surface area contributed by atoms with Crippen LogP contribution >= 0.6 is 34.5 Å². The highest BCUT2D eigenvalue weighted by atomic mass is 35.5. The SMILES string of the molecule is C=C(NC)c1cc2c(-c3c(Cl)cc(Cl)c4c3CCO4)nc(N)nc2s1. The summed E-state index contributed by atoms with van der Waals surface area (Å²) in [6, 6.07) is 3.69. The number of aromatic nitrogens is 2. The topological polar surface area (TPSA) is 73.1 Å². The van der Waals surface area contributed by atoms with Crippen LogP contribution in [0, 0.1) is 0 Å². The van der Waals surface area contributed by atoms with Crippen molar-refractivity contribution in [2.45, 2.75) is 6.42 Å². The summed E-state index contributed by atoms with van der Waals surface area (Å²) in [5, 5.41) is 4.96. The van der Waals surface area contributed by atoms with Gasteiger partial charge in [0.25, 0.3) is 0 Å². The van der Waals surface area contributed by atoms with Crippen LogP contribution in [-0.2, 0) is 6.42 Å². The van der Waals surface area contributed by atoms with Crippen LogP contribution in [0.4, 0.5) is 5.95 Å². The minimum Gasteiger partial charge on any atom is -0.491 e. The van der Waals surface area contributed by atoms with Gasteiger partial charge in [-0.3, -0.25) is 0 Å². The number of nitrogen functional groups attached to an aromatic ring is 1. The smallest absolute Gasteiger partial charge is 0.221 e. The van der Waals surface area contributed by atoms with E-state index >= 15 is 0 Å². The summed E-state index contributed by atoms with van der Waals surface area (Å²) >= 11 is 14.3. The summed E-state index contributed by atoms with van der Waals surface area (Å²) in [5.41, 5.74) is 9.21. The molecule has 0 radical (unpaired) electrons. The monoisotopic (exact) mass is 392 g/mol. The van der Waals surface area contributed by atoms with E-state index in [1.807, 2.05) is 13.1 Å². The van der Waals surface area contributed by atoms with Crippen LogP contribution in [0.15, 0.2) is 18.7 Å². The number of benzene rings is 1. The van der Waals surface area contributed by atoms with Gasteiger partial charge in [-0.25, -0.2) is 9.97 Å². The summed E-state index contributed by atoms with van der Waals surface area (Å²) in [7, 11) is 1.83. The Kier molecular flexibility index (Phi) is 3.98. The lowest BCUT2D eigenvalue weighted by molar-refractivity contribution is 0.357. The number of ether oxygens (including phenoxy) is 1. The maximum Gasteiger partial charge on any atom is 0.221 e. The van der Waals surface area contributed by atoms with Gasteiger partial charge in [0.2, 0.25) is 5.95 Å². The molecular weight excluding hydrogens is 379 g/mol. The molecule has 3 heterocycles. The number of halogens is 2. The highest BCUT2D eigenvalue weighted by Crippen LogP contribution is 2.46. The molecule has 5 nitrogen and oxygen atoms in total. The van der Waals surface area contributed by atoms with E-state index in [-0.39, 0.29) is 5.95 Å². The molecule has 0 atom stereocenters. The van der Waals surface area contributed by atoms with Crippen LogP contribution in [0.25, 0.3) is 27.2 Å². The number of rotatable bonds is 3. The number of anilines is 1. The Morgan fingerprint density at radius 3 is 2.88 bits per heavy atom. The molecule has 1 aromatic carbocycles. The lowest BCUT2D eigenvalue weighted by atomic mass is 10.00. The van der Waals surface area contributed by atoms with Crippen molar-refractivity contribution in [2.24, 2.45) is 0 Å². The Bertz CT molecular complexity index is 1030. The molecule has 1 aliphatic heterocycles. The van der Waals surface area contributed by atoms with E-state index in [0.29, 0.717) is 28.1 Å². The van der Waals surface area contributed by atoms with Crippen LogP contribution in [0.2, 0.25) is 10.0 Å². The van der Waals surface area contributed by atoms with E-state index in [1.165, 1.54) is 11.3 Å². The minimum absolute atomic E-state index is 0.199. The van der Waals surface area contributed by atoms with E-state index in [0.717, 1.165) is 38.3 Å². The van der Waals surface area contributed by atoms with Gasteiger partial charge in [0.1, 0.15) is 10.6 Å². The van der Waals surface area contributed by atoms with Gasteiger partial charge in [-0.1, -0.05) is 29.8 Å². The lowest BCUT2D eigenvalue weighted by Gasteiger charge is -2.12. The molecule has 0 bridgehead atoms. The number of nitrogens with zero attached hydrogens (tertiary/aromatic N) is 2. The molecule has 0 saturated carbocycles. The molecule has 0 saturated heterocycles. The zero-order valence-corrected chi connectivity index (χ0v) is 15.6. The first-order valence-corrected chi connectivity index (χ1v) is 9.15. The molecule has 8 heteroatoms. The third-order valence-corrected chi connectivity index (χ3v) is 5.80. The average molecular weight is 393 g/mol. The van der Waals surface area contributed by atoms with Crippen LogP contribution in [0.3, 0.4) is 0 Å². The van der Waals surface area contributed by atoms with Crippen molar-refractivity contribution in [1.82, 2.24) is 15.3 Å². The van der Waals surface area contributed by atoms with Crippen molar-refractivity contribution < 1.29 is 4.74 Å². The largest absolute Gasteiger partial charge is 0.491 e. The third-order valence-electron chi connectivity index (χ3n) is 4.13. The second-order valence-corrected chi connectivity index (χ2v) is 7.45. The van der Waals surface area contributed by atoms with Crippen molar-refractivity contribution in [2.75, 3.05) is 19.4 Å². The fraction of sp³-hybridized carbons (Fsp3) is 0.176. The fourth-order valence-electron chi connectivity index (χ4n) is 2.96. The van der Waals surface area contributed by atoms with Gasteiger partial charge in [0, 0.05) is 35.7 Å². The number of hydrogen-bond donors (Lipinski definition) is 2. The molecule has 0 aliphatic carbocycles. The standard InChI is InChI=1S/C17H14Cl2N4OS/c1-7(21-2)12-5-9-14(22-17(20)23-16(9)25-12)13-8-3-4-24-15(8)11(19)6-10(13)18/h5-6,21H,1,3-4H2,2H3,(H2,20,22,23). The van der Waals surface area contributed by atoms with Crippen molar-refractivity contribution in [1.29, 1.82) is 0 Å². The number of nitrogens with one attached hydrogen (secondary N) is 1. The van der Waals surface area contributed by atoms with Gasteiger partial charge in [0.05, 0.1) is 27.2 Å². The predicted molar refractivity (Wildman–Crippen MR) is 105 cm³/mol. The quantitative estimate of drug-likeness (QED) is 0.691. The summed E-state index contributed by atoms with van der Waals surface area (Å²) in [5.74, 6) is 0.867. The van der Waals surface area contributed by atoms with Gasteiger partial charge >= 0.3 is 0 Å². The molecular formula is C17H14Cl2N4OS. The second-order valence-electron chi connectivity index (χ2n) is 5.61. The Hall–Kier alpha value is -2.02. The number of thiophene rings is 1. The summed E-state index contributed by atoms with van der Waals surface area (Å²) < 4.78 is 5.66. The van der Waals surface area contributed by atoms with Gasteiger partial charge < -0.3 is 15.8 Å². The zero-order valence-electron chi connectivity index (χ0n) is 13.3. The molecule has 128 valence electrons. The molecule has 0 spiro atoms. The molecule has 2 aromatic heterocycles. The first kappa shape index (κ1) is 16.4. The number of nitrogens with two attached hydrogens (primary N) is 1. The van der Waals surface area contributed by atoms with Gasteiger partial charge in [0.15, 0.2) is 0 Å². The highest BCUT2D eigenvalue weighted by molar-refractivity contribution is 7.19. The van der Waals surface area contributed by atoms with Gasteiger partial charge in [-0.05, 0) is 12.1 Å². The highest BCUT2D eigenvalue weighted by Gasteiger charge is 2.26. The predicted octanol–water partition coefficient (Wildman–Crippen LogP) is 4.37. The second kappa shape index (κ2) is 6.05. The molecule has 3 N–H and O–H groups in total. The molecule has 4 rings (SSSR count). The van der Waals surface area contributed by atoms with Crippen LogP contribution < -0.4 is 15.8 Å². The lowest BCUT2D eigenvalue weighted by Crippen LogP contribution is -2.00. The third kappa shape index (κ3) is 2.61. The van der Waals surface area contributed by atoms with Crippen LogP contribution in [-0.4, -0.2) is 23.6 Å². The fourth-order valence-corrected chi connectivity index (χ4v) is 4.62. The Morgan fingerprint density at radius 1 is 1.32 bits per heavy atom. The molecule has 0 fully saturated rings. The summed E-state index contributed by atoms with van der Waals surface area (Å²) in [4.78, 5) is 10.6. The average Bonchev–Trinajstić information content (AvgIpc) is 3.20. The van der Waals surface area contributed by atoms with Crippen molar-refractivity contribution in [3.05, 3.63) is 39.2 Å². The van der Waals surface area contributed by atoms with Crippen molar-refractivity contribution >= 4 is 56.4 Å². The van der Waals surface area contributed by atoms with E-state index < -0.39 is 0 Å². The maximum absolute atomic E-state index is 6.53. The van der Waals surface area contributed by atoms with E-state index in [2.05, 4.69) is 21.9 Å². The van der Waals surface area contributed by atoms with Gasteiger partial charge in [-0.2, -0.15) is 0 Å². The van der Waals surface area contributed by atoms with E-state index in [4.69, 9.17) is 33.7 Å².